The first-order valence-electron chi connectivity index (χ1n) is 8.37. The number of methoxy groups -OCH3 is 1. The van der Waals surface area contributed by atoms with Crippen molar-refractivity contribution in [2.45, 2.75) is 25.7 Å². The Morgan fingerprint density at radius 2 is 1.75 bits per heavy atom. The van der Waals surface area contributed by atoms with Gasteiger partial charge in [-0.2, -0.15) is 0 Å². The summed E-state index contributed by atoms with van der Waals surface area (Å²) in [6, 6.07) is 15.3. The minimum Gasteiger partial charge on any atom is -0.497 e. The van der Waals surface area contributed by atoms with Gasteiger partial charge in [-0.1, -0.05) is 30.3 Å². The maximum atomic E-state index is 13.0. The highest BCUT2D eigenvalue weighted by Gasteiger charge is 2.23. The third kappa shape index (κ3) is 2.46. The lowest BCUT2D eigenvalue weighted by molar-refractivity contribution is 0.103. The smallest absolute Gasteiger partial charge is 0.211 e. The fourth-order valence-corrected chi connectivity index (χ4v) is 3.55. The van der Waals surface area contributed by atoms with E-state index >= 15 is 0 Å². The minimum absolute atomic E-state index is 0.0199. The monoisotopic (exact) mass is 317 g/mol. The van der Waals surface area contributed by atoms with E-state index in [9.17, 15) is 4.79 Å². The molecule has 1 heterocycles. The number of ether oxygens (including phenoxy) is 1. The van der Waals surface area contributed by atoms with E-state index in [1.165, 1.54) is 5.56 Å². The molecule has 0 bridgehead atoms. The molecule has 1 aliphatic rings. The highest BCUT2D eigenvalue weighted by molar-refractivity contribution is 6.10. The molecule has 3 heteroatoms. The number of benzene rings is 2. The van der Waals surface area contributed by atoms with Crippen LogP contribution in [-0.4, -0.2) is 17.9 Å². The number of ketones is 1. The summed E-state index contributed by atoms with van der Waals surface area (Å²) >= 11 is 0. The third-order valence-electron chi connectivity index (χ3n) is 4.77. The van der Waals surface area contributed by atoms with E-state index in [0.717, 1.165) is 47.9 Å². The zero-order valence-corrected chi connectivity index (χ0v) is 13.7. The van der Waals surface area contributed by atoms with Crippen LogP contribution in [0, 0.1) is 0 Å². The molecular weight excluding hydrogens is 298 g/mol. The summed E-state index contributed by atoms with van der Waals surface area (Å²) in [5.41, 5.74) is 4.58. The van der Waals surface area contributed by atoms with Gasteiger partial charge in [0, 0.05) is 10.9 Å². The molecular formula is C21H19NO2. The second-order valence-electron chi connectivity index (χ2n) is 6.20. The van der Waals surface area contributed by atoms with Crippen LogP contribution in [0.5, 0.6) is 5.75 Å². The van der Waals surface area contributed by atoms with Crippen LogP contribution in [0.1, 0.15) is 40.0 Å². The Balaban J connectivity index is 1.94. The van der Waals surface area contributed by atoms with Crippen molar-refractivity contribution >= 4 is 16.7 Å². The number of hydrogen-bond donors (Lipinski definition) is 0. The number of pyridine rings is 1. The molecule has 0 amide bonds. The fourth-order valence-electron chi connectivity index (χ4n) is 3.55. The van der Waals surface area contributed by atoms with E-state index in [4.69, 9.17) is 9.72 Å². The van der Waals surface area contributed by atoms with Gasteiger partial charge in [-0.3, -0.25) is 4.79 Å². The van der Waals surface area contributed by atoms with Crippen LogP contribution < -0.4 is 4.74 Å². The van der Waals surface area contributed by atoms with E-state index in [-0.39, 0.29) is 5.78 Å². The van der Waals surface area contributed by atoms with Gasteiger partial charge in [-0.05, 0) is 55.0 Å². The molecule has 4 rings (SSSR count). The lowest BCUT2D eigenvalue weighted by Gasteiger charge is -2.21. The molecule has 0 spiro atoms. The Morgan fingerprint density at radius 3 is 2.50 bits per heavy atom. The molecule has 3 nitrogen and oxygen atoms in total. The van der Waals surface area contributed by atoms with Gasteiger partial charge in [-0.25, -0.2) is 4.98 Å². The standard InChI is InChI=1S/C21H19NO2/c1-24-15-11-12-19-18(13-15)16-9-5-6-10-17(16)20(22-19)21(23)14-7-3-2-4-8-14/h2-4,7-8,11-13H,5-6,9-10H2,1H3. The second-order valence-corrected chi connectivity index (χ2v) is 6.20. The summed E-state index contributed by atoms with van der Waals surface area (Å²) in [5.74, 6) is 0.852. The summed E-state index contributed by atoms with van der Waals surface area (Å²) in [6.45, 7) is 0. The lowest BCUT2D eigenvalue weighted by atomic mass is 9.86. The Bertz CT molecular complexity index is 916. The predicted octanol–water partition coefficient (Wildman–Crippen LogP) is 4.35. The predicted molar refractivity (Wildman–Crippen MR) is 94.8 cm³/mol. The van der Waals surface area contributed by atoms with Gasteiger partial charge in [0.15, 0.2) is 0 Å². The van der Waals surface area contributed by atoms with Gasteiger partial charge >= 0.3 is 0 Å². The quantitative estimate of drug-likeness (QED) is 0.674. The van der Waals surface area contributed by atoms with Crippen LogP contribution in [-0.2, 0) is 12.8 Å². The van der Waals surface area contributed by atoms with Crippen LogP contribution in [0.4, 0.5) is 0 Å². The zero-order chi connectivity index (χ0) is 16.5. The number of aromatic nitrogens is 1. The maximum Gasteiger partial charge on any atom is 0.211 e. The summed E-state index contributed by atoms with van der Waals surface area (Å²) in [7, 11) is 1.67. The molecule has 3 aromatic rings. The van der Waals surface area contributed by atoms with Gasteiger partial charge in [0.2, 0.25) is 5.78 Å². The minimum atomic E-state index is 0.0199. The first-order chi connectivity index (χ1) is 11.8. The Labute approximate surface area is 141 Å². The van der Waals surface area contributed by atoms with Crippen molar-refractivity contribution in [2.24, 2.45) is 0 Å². The fraction of sp³-hybridized carbons (Fsp3) is 0.238. The van der Waals surface area contributed by atoms with Gasteiger partial charge < -0.3 is 4.74 Å². The van der Waals surface area contributed by atoms with Crippen LogP contribution in [0.15, 0.2) is 48.5 Å². The number of carbonyl (C=O) groups excluding carboxylic acids is 1. The van der Waals surface area contributed by atoms with Crippen molar-refractivity contribution < 1.29 is 9.53 Å². The molecule has 1 aromatic heterocycles. The number of carbonyl (C=O) groups is 1. The number of aryl methyl sites for hydroxylation is 1. The van der Waals surface area contributed by atoms with Crippen molar-refractivity contribution in [3.63, 3.8) is 0 Å². The highest BCUT2D eigenvalue weighted by Crippen LogP contribution is 2.33. The van der Waals surface area contributed by atoms with E-state index in [2.05, 4.69) is 0 Å². The number of rotatable bonds is 3. The van der Waals surface area contributed by atoms with E-state index in [0.29, 0.717) is 11.3 Å². The zero-order valence-electron chi connectivity index (χ0n) is 13.7. The summed E-state index contributed by atoms with van der Waals surface area (Å²) < 4.78 is 5.37. The van der Waals surface area contributed by atoms with E-state index in [1.807, 2.05) is 48.5 Å². The molecule has 0 unspecified atom stereocenters. The third-order valence-corrected chi connectivity index (χ3v) is 4.77. The molecule has 24 heavy (non-hydrogen) atoms. The number of nitrogens with zero attached hydrogens (tertiary/aromatic N) is 1. The molecule has 0 radical (unpaired) electrons. The second kappa shape index (κ2) is 6.08. The largest absolute Gasteiger partial charge is 0.497 e. The average Bonchev–Trinajstić information content (AvgIpc) is 2.67. The summed E-state index contributed by atoms with van der Waals surface area (Å²) in [4.78, 5) is 17.7. The molecule has 0 saturated heterocycles. The Morgan fingerprint density at radius 1 is 1.00 bits per heavy atom. The van der Waals surface area contributed by atoms with Crippen LogP contribution in [0.25, 0.3) is 10.9 Å². The lowest BCUT2D eigenvalue weighted by Crippen LogP contribution is -2.14. The Kier molecular flexibility index (Phi) is 3.77. The van der Waals surface area contributed by atoms with Gasteiger partial charge in [0.05, 0.1) is 12.6 Å². The number of hydrogen-bond acceptors (Lipinski definition) is 3. The Hall–Kier alpha value is -2.68. The molecule has 0 N–H and O–H groups in total. The first kappa shape index (κ1) is 14.9. The van der Waals surface area contributed by atoms with Crippen molar-refractivity contribution in [3.05, 3.63) is 70.9 Å². The van der Waals surface area contributed by atoms with Crippen molar-refractivity contribution in [1.82, 2.24) is 4.98 Å². The molecule has 0 atom stereocenters. The molecule has 0 saturated carbocycles. The SMILES string of the molecule is COc1ccc2nc(C(=O)c3ccccc3)c3c(c2c1)CCCC3. The molecule has 0 fully saturated rings. The van der Waals surface area contributed by atoms with Crippen LogP contribution in [0.3, 0.4) is 0 Å². The topological polar surface area (TPSA) is 39.2 Å². The van der Waals surface area contributed by atoms with Crippen molar-refractivity contribution in [2.75, 3.05) is 7.11 Å². The molecule has 120 valence electrons. The summed E-state index contributed by atoms with van der Waals surface area (Å²) in [5, 5.41) is 1.12. The van der Waals surface area contributed by atoms with Crippen molar-refractivity contribution in [3.8, 4) is 5.75 Å². The first-order valence-corrected chi connectivity index (χ1v) is 8.37. The van der Waals surface area contributed by atoms with Crippen molar-refractivity contribution in [1.29, 1.82) is 0 Å². The summed E-state index contributed by atoms with van der Waals surface area (Å²) in [6.07, 6.45) is 4.18. The van der Waals surface area contributed by atoms with E-state index < -0.39 is 0 Å². The molecule has 2 aromatic carbocycles. The van der Waals surface area contributed by atoms with Gasteiger partial charge in [0.1, 0.15) is 11.4 Å². The van der Waals surface area contributed by atoms with Crippen LogP contribution in [0.2, 0.25) is 0 Å². The van der Waals surface area contributed by atoms with E-state index in [1.54, 1.807) is 7.11 Å². The highest BCUT2D eigenvalue weighted by atomic mass is 16.5. The number of fused-ring (bicyclic) bond motifs is 3. The van der Waals surface area contributed by atoms with Crippen LogP contribution >= 0.6 is 0 Å². The molecule has 0 aliphatic heterocycles. The molecule has 1 aliphatic carbocycles. The average molecular weight is 317 g/mol. The van der Waals surface area contributed by atoms with Gasteiger partial charge in [0.25, 0.3) is 0 Å². The normalized spacial score (nSPS) is 13.5. The van der Waals surface area contributed by atoms with Gasteiger partial charge in [-0.15, -0.1) is 0 Å². The maximum absolute atomic E-state index is 13.0.